The van der Waals surface area contributed by atoms with Gasteiger partial charge in [0.25, 0.3) is 0 Å². The topological polar surface area (TPSA) is 284 Å². The van der Waals surface area contributed by atoms with Gasteiger partial charge in [0.15, 0.2) is 18.4 Å². The van der Waals surface area contributed by atoms with Gasteiger partial charge in [0, 0.05) is 38.2 Å². The first-order valence-electron chi connectivity index (χ1n) is 21.9. The first kappa shape index (κ1) is 46.8. The maximum Gasteiger partial charge on any atom is 0.302 e. The highest BCUT2D eigenvalue weighted by Crippen LogP contribution is 2.72. The van der Waals surface area contributed by atoms with Crippen molar-refractivity contribution in [3.8, 4) is 0 Å². The number of hydrogen-bond donors (Lipinski definition) is 10. The van der Waals surface area contributed by atoms with Crippen molar-refractivity contribution in [1.29, 1.82) is 0 Å². The molecule has 7 fully saturated rings. The lowest BCUT2D eigenvalue weighted by Crippen LogP contribution is -2.71. The predicted octanol–water partition coefficient (Wildman–Crippen LogP) is -1.32. The third-order valence-electron chi connectivity index (χ3n) is 16.7. The summed E-state index contributed by atoms with van der Waals surface area (Å²) in [4.78, 5) is 12.4. The number of fused-ring (bicyclic) bond motifs is 7. The number of carbonyl (C=O) groups is 1. The molecule has 0 unspecified atom stereocenters. The van der Waals surface area contributed by atoms with Crippen molar-refractivity contribution in [2.75, 3.05) is 26.9 Å². The SMILES string of the molecule is CO[C@@]1(CC[C@@H](C)CO[C@@H]2O[C@H](CO)[C@@H](O)[C@H](O)[C@H]2O)O[C@H]2C[C@H]3[C@@H]4C[C@@H](O)[C@@]5(O)C[C@@H](OC(C)=O)[C@H](O[C@@H]6O[C@H](CO)[C@@H](O)[C@H](O)[C@H]6O)C[C@]5(C)[C@H]4CC[C@]3(C)[C@H]2[C@@H]1C. The van der Waals surface area contributed by atoms with Crippen LogP contribution in [0.1, 0.15) is 86.0 Å². The number of carbonyl (C=O) groups excluding carboxylic acids is 1. The fourth-order valence-corrected chi connectivity index (χ4v) is 13.4. The van der Waals surface area contributed by atoms with Crippen molar-refractivity contribution in [1.82, 2.24) is 0 Å². The second kappa shape index (κ2) is 17.3. The average Bonchev–Trinajstić information content (AvgIpc) is 3.66. The molecule has 10 N–H and O–H groups in total. The van der Waals surface area contributed by atoms with Crippen LogP contribution in [0.3, 0.4) is 0 Å². The van der Waals surface area contributed by atoms with E-state index in [4.69, 9.17) is 33.2 Å². The minimum absolute atomic E-state index is 0.000134. The number of rotatable bonds is 12. The molecule has 60 heavy (non-hydrogen) atoms. The number of methoxy groups -OCH3 is 1. The van der Waals surface area contributed by atoms with Gasteiger partial charge in [0.1, 0.15) is 54.9 Å². The third kappa shape index (κ3) is 7.58. The van der Waals surface area contributed by atoms with Gasteiger partial charge in [-0.1, -0.05) is 27.7 Å². The summed E-state index contributed by atoms with van der Waals surface area (Å²) in [6.45, 7) is 8.66. The number of ether oxygens (including phenoxy) is 7. The van der Waals surface area contributed by atoms with E-state index in [0.717, 1.165) is 19.3 Å². The lowest BCUT2D eigenvalue weighted by Gasteiger charge is -2.66. The Morgan fingerprint density at radius 1 is 0.833 bits per heavy atom. The third-order valence-corrected chi connectivity index (χ3v) is 16.7. The summed E-state index contributed by atoms with van der Waals surface area (Å²) in [6.07, 6.45) is -13.8. The zero-order chi connectivity index (χ0) is 43.9. The largest absolute Gasteiger partial charge is 0.460 e. The summed E-state index contributed by atoms with van der Waals surface area (Å²) >= 11 is 0. The molecule has 0 aromatic heterocycles. The maximum atomic E-state index is 12.6. The van der Waals surface area contributed by atoms with Gasteiger partial charge in [0.2, 0.25) is 0 Å². The van der Waals surface area contributed by atoms with E-state index < -0.39 is 116 Å². The molecule has 0 aromatic rings. The highest BCUT2D eigenvalue weighted by Gasteiger charge is 2.73. The molecule has 3 saturated heterocycles. The molecule has 346 valence electrons. The Hall–Kier alpha value is -1.17. The van der Waals surface area contributed by atoms with Crippen LogP contribution in [0.15, 0.2) is 0 Å². The van der Waals surface area contributed by atoms with Gasteiger partial charge in [-0.15, -0.1) is 0 Å². The summed E-state index contributed by atoms with van der Waals surface area (Å²) in [5.41, 5.74) is -2.78. The Morgan fingerprint density at radius 3 is 2.05 bits per heavy atom. The van der Waals surface area contributed by atoms with E-state index in [0.29, 0.717) is 19.3 Å². The second-order valence-electron chi connectivity index (χ2n) is 19.8. The van der Waals surface area contributed by atoms with Gasteiger partial charge in [0.05, 0.1) is 43.7 Å². The first-order chi connectivity index (χ1) is 28.2. The normalized spacial score (nSPS) is 54.4. The van der Waals surface area contributed by atoms with E-state index in [1.165, 1.54) is 6.92 Å². The van der Waals surface area contributed by atoms with Crippen molar-refractivity contribution in [3.05, 3.63) is 0 Å². The Morgan fingerprint density at radius 2 is 1.45 bits per heavy atom. The monoisotopic (exact) mass is 862 g/mol. The zero-order valence-corrected chi connectivity index (χ0v) is 35.6. The van der Waals surface area contributed by atoms with Crippen molar-refractivity contribution in [2.24, 2.45) is 46.3 Å². The highest BCUT2D eigenvalue weighted by atomic mass is 16.7. The molecular formula is C42H70O18. The molecule has 7 rings (SSSR count). The Labute approximate surface area is 351 Å². The van der Waals surface area contributed by atoms with Crippen LogP contribution in [0.25, 0.3) is 0 Å². The molecule has 7 aliphatic rings. The van der Waals surface area contributed by atoms with E-state index in [1.54, 1.807) is 7.11 Å². The van der Waals surface area contributed by atoms with Gasteiger partial charge in [-0.05, 0) is 73.5 Å². The molecule has 0 spiro atoms. The fourth-order valence-electron chi connectivity index (χ4n) is 13.4. The summed E-state index contributed by atoms with van der Waals surface area (Å²) in [7, 11) is 1.66. The van der Waals surface area contributed by atoms with Crippen LogP contribution >= 0.6 is 0 Å². The van der Waals surface area contributed by atoms with Crippen molar-refractivity contribution in [2.45, 2.75) is 183 Å². The summed E-state index contributed by atoms with van der Waals surface area (Å²) < 4.78 is 42.2. The molecule has 3 aliphatic heterocycles. The second-order valence-corrected chi connectivity index (χ2v) is 19.8. The Bertz CT molecular complexity index is 1500. The van der Waals surface area contributed by atoms with Crippen LogP contribution in [0.5, 0.6) is 0 Å². The summed E-state index contributed by atoms with van der Waals surface area (Å²) in [5.74, 6) is -1.34. The van der Waals surface area contributed by atoms with Gasteiger partial charge in [-0.3, -0.25) is 4.79 Å². The van der Waals surface area contributed by atoms with Crippen molar-refractivity contribution >= 4 is 5.97 Å². The maximum absolute atomic E-state index is 12.6. The highest BCUT2D eigenvalue weighted by molar-refractivity contribution is 5.66. The van der Waals surface area contributed by atoms with Crippen LogP contribution in [-0.2, 0) is 38.0 Å². The van der Waals surface area contributed by atoms with Gasteiger partial charge in [-0.2, -0.15) is 0 Å². The Balaban J connectivity index is 1.05. The van der Waals surface area contributed by atoms with Crippen molar-refractivity contribution in [3.63, 3.8) is 0 Å². The van der Waals surface area contributed by atoms with E-state index in [9.17, 15) is 55.9 Å². The number of esters is 1. The standard InChI is InChI=1S/C42H70O18/c1-18(17-55-37-35(51)33(49)31(47)27(15-43)58-37)7-10-42(54-6)19(2)30-24(60-42)12-23-21-11-29(46)41(53)14-26(56-20(3)45)25(13-40(41,5)22(21)8-9-39(23,30)4)57-38-36(52)34(50)32(48)28(16-44)59-38/h18-19,21-38,43-44,46-53H,7-17H2,1-6H3/t18-,19+,21-,22+,23+,24+,25-,26-,27-,28-,29-,30+,31-,32-,33+,34+,35-,36-,37-,38-,39+,40-,41+,42+/m1/s1. The smallest absolute Gasteiger partial charge is 0.302 e. The average molecular weight is 863 g/mol. The van der Waals surface area contributed by atoms with Gasteiger partial charge >= 0.3 is 5.97 Å². The van der Waals surface area contributed by atoms with E-state index in [1.807, 2.05) is 13.8 Å². The van der Waals surface area contributed by atoms with Crippen LogP contribution in [0.4, 0.5) is 0 Å². The van der Waals surface area contributed by atoms with Crippen LogP contribution < -0.4 is 0 Å². The molecule has 0 aromatic carbocycles. The number of aliphatic hydroxyl groups excluding tert-OH is 9. The molecule has 0 amide bonds. The summed E-state index contributed by atoms with van der Waals surface area (Å²) in [5, 5.41) is 106. The molecule has 4 aliphatic carbocycles. The van der Waals surface area contributed by atoms with Crippen LogP contribution in [0, 0.1) is 46.3 Å². The number of aliphatic hydroxyl groups is 10. The quantitative estimate of drug-likeness (QED) is 0.0804. The molecule has 18 heteroatoms. The first-order valence-corrected chi connectivity index (χ1v) is 21.9. The predicted molar refractivity (Wildman–Crippen MR) is 205 cm³/mol. The molecule has 24 atom stereocenters. The van der Waals surface area contributed by atoms with Crippen LogP contribution in [-0.4, -0.2) is 181 Å². The molecule has 4 saturated carbocycles. The Kier molecular flexibility index (Phi) is 13.5. The lowest BCUT2D eigenvalue weighted by molar-refractivity contribution is -0.339. The van der Waals surface area contributed by atoms with Crippen molar-refractivity contribution < 1.29 is 89.0 Å². The zero-order valence-electron chi connectivity index (χ0n) is 35.6. The molecule has 3 heterocycles. The molecule has 0 radical (unpaired) electrons. The van der Waals surface area contributed by atoms with E-state index in [2.05, 4.69) is 13.8 Å². The minimum Gasteiger partial charge on any atom is -0.460 e. The summed E-state index contributed by atoms with van der Waals surface area (Å²) in [6, 6.07) is 0. The minimum atomic E-state index is -1.68. The van der Waals surface area contributed by atoms with Gasteiger partial charge < -0.3 is 84.2 Å². The van der Waals surface area contributed by atoms with E-state index in [-0.39, 0.29) is 66.5 Å². The van der Waals surface area contributed by atoms with Crippen LogP contribution in [0.2, 0.25) is 0 Å². The fraction of sp³-hybridized carbons (Fsp3) is 0.976. The van der Waals surface area contributed by atoms with Gasteiger partial charge in [-0.25, -0.2) is 0 Å². The molecule has 0 bridgehead atoms. The number of hydrogen-bond acceptors (Lipinski definition) is 18. The lowest BCUT2D eigenvalue weighted by atomic mass is 9.42. The molecular weight excluding hydrogens is 792 g/mol. The molecule has 18 nitrogen and oxygen atoms in total. The van der Waals surface area contributed by atoms with E-state index >= 15 is 0 Å².